The van der Waals surface area contributed by atoms with Crippen LogP contribution in [0.25, 0.3) is 0 Å². The van der Waals surface area contributed by atoms with Crippen LogP contribution in [-0.2, 0) is 19.6 Å². The van der Waals surface area contributed by atoms with E-state index in [1.54, 1.807) is 13.8 Å². The molecule has 1 fully saturated rings. The van der Waals surface area contributed by atoms with Crippen LogP contribution in [0.5, 0.6) is 0 Å². The number of primary amides is 1. The number of carbonyl (C=O) groups is 2. The number of anilines is 1. The second kappa shape index (κ2) is 6.31. The first kappa shape index (κ1) is 16.8. The minimum atomic E-state index is -3.85. The highest BCUT2D eigenvalue weighted by Gasteiger charge is 2.40. The fourth-order valence-corrected chi connectivity index (χ4v) is 5.51. The van der Waals surface area contributed by atoms with Crippen molar-refractivity contribution in [3.8, 4) is 0 Å². The number of carbonyl (C=O) groups excluding carboxylic acids is 2. The minimum Gasteiger partial charge on any atom is -0.368 e. The Labute approximate surface area is 132 Å². The molecule has 0 aromatic carbocycles. The lowest BCUT2D eigenvalue weighted by Crippen LogP contribution is -2.43. The number of aryl methyl sites for hydroxylation is 1. The number of nitrogens with one attached hydrogen (secondary N) is 1. The molecule has 3 N–H and O–H groups in total. The van der Waals surface area contributed by atoms with Gasteiger partial charge in [0.1, 0.15) is 6.04 Å². The van der Waals surface area contributed by atoms with Gasteiger partial charge in [-0.2, -0.15) is 4.31 Å². The van der Waals surface area contributed by atoms with E-state index < -0.39 is 22.0 Å². The molecule has 1 aromatic heterocycles. The topological polar surface area (TPSA) is 122 Å². The molecule has 1 saturated heterocycles. The van der Waals surface area contributed by atoms with Gasteiger partial charge in [0.15, 0.2) is 9.34 Å². The van der Waals surface area contributed by atoms with Crippen molar-refractivity contribution in [3.63, 3.8) is 0 Å². The molecule has 0 bridgehead atoms. The third kappa shape index (κ3) is 3.13. The standard InChI is InChI=1S/C12H18N4O4S2/c1-3-9(17)15-12-14-7(2)11(21-12)22(19,20)16-6-4-5-8(16)10(13)18/h8H,3-6H2,1-2H3,(H2,13,18)(H,14,15,17)/t8-/m1/s1. The molecule has 0 unspecified atom stereocenters. The minimum absolute atomic E-state index is 0.0343. The molecular formula is C12H18N4O4S2. The number of nitrogens with two attached hydrogens (primary N) is 1. The third-order valence-electron chi connectivity index (χ3n) is 3.40. The van der Waals surface area contributed by atoms with Crippen molar-refractivity contribution < 1.29 is 18.0 Å². The second-order valence-corrected chi connectivity index (χ2v) is 8.05. The fourth-order valence-electron chi connectivity index (χ4n) is 2.30. The molecule has 0 spiro atoms. The first-order chi connectivity index (χ1) is 10.3. The molecule has 0 saturated carbocycles. The van der Waals surface area contributed by atoms with Crippen LogP contribution in [-0.4, -0.2) is 42.1 Å². The summed E-state index contributed by atoms with van der Waals surface area (Å²) in [6.07, 6.45) is 1.28. The average Bonchev–Trinajstić information content (AvgIpc) is 3.05. The van der Waals surface area contributed by atoms with E-state index in [-0.39, 0.29) is 28.2 Å². The zero-order chi connectivity index (χ0) is 16.5. The lowest BCUT2D eigenvalue weighted by atomic mass is 10.2. The molecule has 1 aromatic rings. The number of amides is 2. The van der Waals surface area contributed by atoms with Gasteiger partial charge in [-0.15, -0.1) is 0 Å². The molecule has 1 aliphatic heterocycles. The highest BCUT2D eigenvalue weighted by molar-refractivity contribution is 7.91. The summed E-state index contributed by atoms with van der Waals surface area (Å²) >= 11 is 0.886. The number of nitrogens with zero attached hydrogens (tertiary/aromatic N) is 2. The molecule has 1 aliphatic rings. The summed E-state index contributed by atoms with van der Waals surface area (Å²) in [7, 11) is -3.85. The van der Waals surface area contributed by atoms with E-state index in [1.807, 2.05) is 0 Å². The number of sulfonamides is 1. The summed E-state index contributed by atoms with van der Waals surface area (Å²) in [5, 5.41) is 2.78. The Kier molecular flexibility index (Phi) is 4.83. The van der Waals surface area contributed by atoms with Crippen molar-refractivity contribution >= 4 is 38.3 Å². The van der Waals surface area contributed by atoms with Crippen LogP contribution >= 0.6 is 11.3 Å². The second-order valence-electron chi connectivity index (χ2n) is 4.97. The Bertz CT molecular complexity index is 698. The molecule has 22 heavy (non-hydrogen) atoms. The fraction of sp³-hybridized carbons (Fsp3) is 0.583. The van der Waals surface area contributed by atoms with E-state index in [2.05, 4.69) is 10.3 Å². The Hall–Kier alpha value is -1.52. The van der Waals surface area contributed by atoms with Crippen LogP contribution in [0.1, 0.15) is 31.9 Å². The largest absolute Gasteiger partial charge is 0.368 e. The van der Waals surface area contributed by atoms with Gasteiger partial charge in [-0.05, 0) is 19.8 Å². The molecule has 122 valence electrons. The quantitative estimate of drug-likeness (QED) is 0.801. The number of hydrogen-bond acceptors (Lipinski definition) is 6. The summed E-state index contributed by atoms with van der Waals surface area (Å²) in [6, 6.07) is -0.819. The van der Waals surface area contributed by atoms with Crippen molar-refractivity contribution in [1.82, 2.24) is 9.29 Å². The summed E-state index contributed by atoms with van der Waals surface area (Å²) in [5.74, 6) is -0.892. The molecule has 8 nitrogen and oxygen atoms in total. The van der Waals surface area contributed by atoms with Crippen molar-refractivity contribution in [3.05, 3.63) is 5.69 Å². The van der Waals surface area contributed by atoms with Gasteiger partial charge in [-0.25, -0.2) is 13.4 Å². The first-order valence-corrected chi connectivity index (χ1v) is 9.11. The zero-order valence-electron chi connectivity index (χ0n) is 12.3. The van der Waals surface area contributed by atoms with Crippen molar-refractivity contribution in [2.45, 2.75) is 43.4 Å². The van der Waals surface area contributed by atoms with E-state index in [0.29, 0.717) is 18.5 Å². The number of rotatable bonds is 5. The third-order valence-corrected chi connectivity index (χ3v) is 6.96. The van der Waals surface area contributed by atoms with E-state index in [9.17, 15) is 18.0 Å². The van der Waals surface area contributed by atoms with E-state index in [4.69, 9.17) is 5.73 Å². The average molecular weight is 346 g/mol. The van der Waals surface area contributed by atoms with Gasteiger partial charge >= 0.3 is 0 Å². The molecular weight excluding hydrogens is 328 g/mol. The molecule has 1 atom stereocenters. The normalized spacial score (nSPS) is 19.3. The lowest BCUT2D eigenvalue weighted by molar-refractivity contribution is -0.121. The van der Waals surface area contributed by atoms with E-state index >= 15 is 0 Å². The van der Waals surface area contributed by atoms with Crippen LogP contribution in [0.4, 0.5) is 5.13 Å². The predicted octanol–water partition coefficient (Wildman–Crippen LogP) is 0.438. The Balaban J connectivity index is 2.33. The molecule has 0 aliphatic carbocycles. The van der Waals surface area contributed by atoms with E-state index in [1.165, 1.54) is 0 Å². The lowest BCUT2D eigenvalue weighted by Gasteiger charge is -2.20. The van der Waals surface area contributed by atoms with Gasteiger partial charge in [0, 0.05) is 13.0 Å². The molecule has 10 heteroatoms. The van der Waals surface area contributed by atoms with Crippen LogP contribution in [0.15, 0.2) is 4.21 Å². The first-order valence-electron chi connectivity index (χ1n) is 6.85. The zero-order valence-corrected chi connectivity index (χ0v) is 14.0. The highest BCUT2D eigenvalue weighted by atomic mass is 32.2. The molecule has 2 heterocycles. The molecule has 0 radical (unpaired) electrons. The summed E-state index contributed by atoms with van der Waals surface area (Å²) in [6.45, 7) is 3.50. The Morgan fingerprint density at radius 2 is 2.18 bits per heavy atom. The predicted molar refractivity (Wildman–Crippen MR) is 81.9 cm³/mol. The monoisotopic (exact) mass is 346 g/mol. The van der Waals surface area contributed by atoms with Crippen LogP contribution in [0.3, 0.4) is 0 Å². The van der Waals surface area contributed by atoms with Gasteiger partial charge in [0.2, 0.25) is 11.8 Å². The molecule has 2 amide bonds. The van der Waals surface area contributed by atoms with Gasteiger partial charge in [-0.3, -0.25) is 9.59 Å². The Morgan fingerprint density at radius 3 is 2.77 bits per heavy atom. The van der Waals surface area contributed by atoms with Crippen LogP contribution in [0.2, 0.25) is 0 Å². The van der Waals surface area contributed by atoms with E-state index in [0.717, 1.165) is 15.6 Å². The smallest absolute Gasteiger partial charge is 0.255 e. The number of thiazole rings is 1. The van der Waals surface area contributed by atoms with Gasteiger partial charge in [0.05, 0.1) is 5.69 Å². The maximum atomic E-state index is 12.7. The van der Waals surface area contributed by atoms with Gasteiger partial charge in [-0.1, -0.05) is 18.3 Å². The van der Waals surface area contributed by atoms with Crippen LogP contribution in [0, 0.1) is 6.92 Å². The van der Waals surface area contributed by atoms with Crippen molar-refractivity contribution in [2.75, 3.05) is 11.9 Å². The van der Waals surface area contributed by atoms with Crippen molar-refractivity contribution in [1.29, 1.82) is 0 Å². The SMILES string of the molecule is CCC(=O)Nc1nc(C)c(S(=O)(=O)N2CCC[C@@H]2C(N)=O)s1. The van der Waals surface area contributed by atoms with Gasteiger partial charge in [0.25, 0.3) is 10.0 Å². The highest BCUT2D eigenvalue weighted by Crippen LogP contribution is 2.33. The maximum Gasteiger partial charge on any atom is 0.255 e. The number of aromatic nitrogens is 1. The van der Waals surface area contributed by atoms with Crippen LogP contribution < -0.4 is 11.1 Å². The number of hydrogen-bond donors (Lipinski definition) is 2. The maximum absolute atomic E-state index is 12.7. The molecule has 2 rings (SSSR count). The Morgan fingerprint density at radius 1 is 1.50 bits per heavy atom. The summed E-state index contributed by atoms with van der Waals surface area (Å²) < 4.78 is 26.6. The van der Waals surface area contributed by atoms with Gasteiger partial charge < -0.3 is 11.1 Å². The summed E-state index contributed by atoms with van der Waals surface area (Å²) in [4.78, 5) is 26.9. The van der Waals surface area contributed by atoms with Crippen molar-refractivity contribution in [2.24, 2.45) is 5.73 Å². The summed E-state index contributed by atoms with van der Waals surface area (Å²) in [5.41, 5.74) is 5.57.